The summed E-state index contributed by atoms with van der Waals surface area (Å²) in [5.74, 6) is -3.09. The molecule has 0 bridgehead atoms. The Morgan fingerprint density at radius 2 is 1.77 bits per heavy atom. The zero-order chi connectivity index (χ0) is 17.1. The number of hydrogen-bond acceptors (Lipinski definition) is 5. The lowest BCUT2D eigenvalue weighted by molar-refractivity contribution is -0.275. The Morgan fingerprint density at radius 1 is 1.18 bits per heavy atom. The Morgan fingerprint density at radius 3 is 2.18 bits per heavy atom. The molecule has 0 amide bonds. The Balaban J connectivity index is 3.46. The maximum atomic E-state index is 12.7. The predicted molar refractivity (Wildman–Crippen MR) is 58.2 cm³/mol. The fraction of sp³-hybridized carbons (Fsp3) is 0.455. The number of esters is 1. The number of rotatable bonds is 4. The van der Waals surface area contributed by atoms with Crippen LogP contribution in [0.15, 0.2) is 6.07 Å². The first kappa shape index (κ1) is 17.9. The van der Waals surface area contributed by atoms with Gasteiger partial charge in [-0.05, 0) is 0 Å². The van der Waals surface area contributed by atoms with Crippen molar-refractivity contribution in [1.29, 1.82) is 0 Å². The van der Waals surface area contributed by atoms with Crippen molar-refractivity contribution in [2.24, 2.45) is 0 Å². The normalized spacial score (nSPS) is 12.0. The van der Waals surface area contributed by atoms with E-state index in [1.807, 2.05) is 0 Å². The van der Waals surface area contributed by atoms with E-state index in [-0.39, 0.29) is 6.07 Å². The van der Waals surface area contributed by atoms with Crippen LogP contribution in [0.3, 0.4) is 0 Å². The molecule has 0 unspecified atom stereocenters. The molecule has 0 fully saturated rings. The topological polar surface area (TPSA) is 57.7 Å². The lowest BCUT2D eigenvalue weighted by Gasteiger charge is -2.17. The van der Waals surface area contributed by atoms with Crippen molar-refractivity contribution in [2.75, 3.05) is 14.2 Å². The molecule has 0 atom stereocenters. The lowest BCUT2D eigenvalue weighted by atomic mass is 10.2. The predicted octanol–water partition coefficient (Wildman–Crippen LogP) is 2.72. The molecule has 1 aromatic heterocycles. The summed E-state index contributed by atoms with van der Waals surface area (Å²) in [7, 11) is 1.76. The number of carbonyl (C=O) groups excluding carboxylic acids is 1. The van der Waals surface area contributed by atoms with Gasteiger partial charge in [0.25, 0.3) is 0 Å². The first-order chi connectivity index (χ1) is 9.97. The number of alkyl halides is 6. The molecule has 0 saturated heterocycles. The molecule has 124 valence electrons. The minimum absolute atomic E-state index is 0.238. The van der Waals surface area contributed by atoms with E-state index in [2.05, 4.69) is 19.2 Å². The highest BCUT2D eigenvalue weighted by molar-refractivity contribution is 5.73. The molecule has 0 N–H and O–H groups in total. The van der Waals surface area contributed by atoms with Gasteiger partial charge in [0, 0.05) is 6.07 Å². The van der Waals surface area contributed by atoms with Gasteiger partial charge >= 0.3 is 18.5 Å². The zero-order valence-corrected chi connectivity index (χ0v) is 11.1. The van der Waals surface area contributed by atoms with Gasteiger partial charge in [-0.25, -0.2) is 4.98 Å². The molecular weight excluding hydrogens is 324 g/mol. The monoisotopic (exact) mass is 333 g/mol. The van der Waals surface area contributed by atoms with Crippen LogP contribution in [0.2, 0.25) is 0 Å². The highest BCUT2D eigenvalue weighted by atomic mass is 19.4. The molecule has 0 aliphatic rings. The number of nitrogens with zero attached hydrogens (tertiary/aromatic N) is 1. The van der Waals surface area contributed by atoms with Gasteiger partial charge < -0.3 is 14.2 Å². The van der Waals surface area contributed by atoms with Gasteiger partial charge in [-0.15, -0.1) is 13.2 Å². The van der Waals surface area contributed by atoms with Gasteiger partial charge in [0.1, 0.15) is 5.69 Å². The van der Waals surface area contributed by atoms with E-state index in [9.17, 15) is 31.1 Å². The average Bonchev–Trinajstić information content (AvgIpc) is 2.37. The maximum Gasteiger partial charge on any atom is 0.573 e. The summed E-state index contributed by atoms with van der Waals surface area (Å²) in [5, 5.41) is 0. The molecule has 0 aliphatic carbocycles. The summed E-state index contributed by atoms with van der Waals surface area (Å²) in [6, 6.07) is 0.238. The zero-order valence-electron chi connectivity index (χ0n) is 11.1. The van der Waals surface area contributed by atoms with Crippen molar-refractivity contribution in [3.8, 4) is 11.5 Å². The standard InChI is InChI=1S/C11H9F6NO4/c1-20-6-4-7(10(12,13)14)18-5(3-8(19)21-2)9(6)22-11(15,16)17/h4H,3H2,1-2H3. The van der Waals surface area contributed by atoms with Crippen LogP contribution in [-0.2, 0) is 22.1 Å². The SMILES string of the molecule is COC(=O)Cc1nc(C(F)(F)F)cc(OC)c1OC(F)(F)F. The summed E-state index contributed by atoms with van der Waals surface area (Å²) >= 11 is 0. The number of methoxy groups -OCH3 is 2. The van der Waals surface area contributed by atoms with E-state index in [4.69, 9.17) is 0 Å². The third-order valence-corrected chi connectivity index (χ3v) is 2.28. The highest BCUT2D eigenvalue weighted by Crippen LogP contribution is 2.39. The van der Waals surface area contributed by atoms with Gasteiger partial charge in [-0.2, -0.15) is 13.2 Å². The van der Waals surface area contributed by atoms with Crippen LogP contribution in [-0.4, -0.2) is 31.5 Å². The van der Waals surface area contributed by atoms with Crippen LogP contribution in [0.1, 0.15) is 11.4 Å². The first-order valence-corrected chi connectivity index (χ1v) is 5.45. The molecule has 0 aromatic carbocycles. The van der Waals surface area contributed by atoms with E-state index in [1.54, 1.807) is 0 Å². The number of halogens is 6. The van der Waals surface area contributed by atoms with Crippen LogP contribution in [0, 0.1) is 0 Å². The van der Waals surface area contributed by atoms with Gasteiger partial charge in [0.15, 0.2) is 11.5 Å². The van der Waals surface area contributed by atoms with Crippen molar-refractivity contribution in [2.45, 2.75) is 19.0 Å². The Bertz CT molecular complexity index is 555. The molecule has 1 aromatic rings. The van der Waals surface area contributed by atoms with Crippen LogP contribution in [0.25, 0.3) is 0 Å². The van der Waals surface area contributed by atoms with E-state index in [0.717, 1.165) is 14.2 Å². The minimum Gasteiger partial charge on any atom is -0.493 e. The van der Waals surface area contributed by atoms with Crippen LogP contribution in [0.5, 0.6) is 11.5 Å². The van der Waals surface area contributed by atoms with Crippen molar-refractivity contribution in [3.63, 3.8) is 0 Å². The number of hydrogen-bond donors (Lipinski definition) is 0. The van der Waals surface area contributed by atoms with E-state index in [0.29, 0.717) is 0 Å². The average molecular weight is 333 g/mol. The van der Waals surface area contributed by atoms with E-state index in [1.165, 1.54) is 0 Å². The van der Waals surface area contributed by atoms with Crippen molar-refractivity contribution >= 4 is 5.97 Å². The molecule has 0 aliphatic heterocycles. The molecule has 11 heteroatoms. The maximum absolute atomic E-state index is 12.7. The number of ether oxygens (including phenoxy) is 3. The molecule has 0 radical (unpaired) electrons. The second-order valence-electron chi connectivity index (χ2n) is 3.78. The molecule has 0 spiro atoms. The summed E-state index contributed by atoms with van der Waals surface area (Å²) in [5.41, 5.74) is -2.44. The molecule has 0 saturated carbocycles. The Labute approximate surface area is 119 Å². The van der Waals surface area contributed by atoms with Crippen LogP contribution < -0.4 is 9.47 Å². The Kier molecular flexibility index (Phi) is 5.09. The molecular formula is C11H9F6NO4. The quantitative estimate of drug-likeness (QED) is 0.626. The van der Waals surface area contributed by atoms with Crippen molar-refractivity contribution in [3.05, 3.63) is 17.5 Å². The fourth-order valence-corrected chi connectivity index (χ4v) is 1.41. The summed E-state index contributed by atoms with van der Waals surface area (Å²) in [6.45, 7) is 0. The first-order valence-electron chi connectivity index (χ1n) is 5.45. The smallest absolute Gasteiger partial charge is 0.493 e. The summed E-state index contributed by atoms with van der Waals surface area (Å²) in [6.07, 6.45) is -11.1. The van der Waals surface area contributed by atoms with Gasteiger partial charge in [-0.3, -0.25) is 4.79 Å². The van der Waals surface area contributed by atoms with Crippen LogP contribution >= 0.6 is 0 Å². The summed E-state index contributed by atoms with van der Waals surface area (Å²) < 4.78 is 87.3. The van der Waals surface area contributed by atoms with Gasteiger partial charge in [0.2, 0.25) is 0 Å². The fourth-order valence-electron chi connectivity index (χ4n) is 1.41. The lowest BCUT2D eigenvalue weighted by Crippen LogP contribution is -2.21. The van der Waals surface area contributed by atoms with Crippen molar-refractivity contribution in [1.82, 2.24) is 4.98 Å². The minimum atomic E-state index is -5.21. The van der Waals surface area contributed by atoms with E-state index < -0.39 is 47.8 Å². The van der Waals surface area contributed by atoms with Crippen LogP contribution in [0.4, 0.5) is 26.3 Å². The molecule has 22 heavy (non-hydrogen) atoms. The second kappa shape index (κ2) is 6.28. The van der Waals surface area contributed by atoms with Crippen molar-refractivity contribution < 1.29 is 45.3 Å². The summed E-state index contributed by atoms with van der Waals surface area (Å²) in [4.78, 5) is 14.1. The van der Waals surface area contributed by atoms with E-state index >= 15 is 0 Å². The second-order valence-corrected chi connectivity index (χ2v) is 3.78. The van der Waals surface area contributed by atoms with Gasteiger partial charge in [-0.1, -0.05) is 0 Å². The largest absolute Gasteiger partial charge is 0.573 e. The Hall–Kier alpha value is -2.20. The molecule has 1 heterocycles. The highest BCUT2D eigenvalue weighted by Gasteiger charge is 2.38. The molecule has 1 rings (SSSR count). The third-order valence-electron chi connectivity index (χ3n) is 2.28. The van der Waals surface area contributed by atoms with Gasteiger partial charge in [0.05, 0.1) is 26.3 Å². The third kappa shape index (κ3) is 4.67. The number of carbonyl (C=O) groups is 1. The number of aromatic nitrogens is 1. The number of pyridine rings is 1. The molecule has 5 nitrogen and oxygen atoms in total.